The Morgan fingerprint density at radius 2 is 2.33 bits per heavy atom. The van der Waals surface area contributed by atoms with Gasteiger partial charge in [-0.3, -0.25) is 4.79 Å². The monoisotopic (exact) mass is 86.0 g/mol. The van der Waals surface area contributed by atoms with Gasteiger partial charge >= 0.3 is 0 Å². The van der Waals surface area contributed by atoms with Crippen LogP contribution in [0.1, 0.15) is 6.42 Å². The summed E-state index contributed by atoms with van der Waals surface area (Å²) in [5.74, 6) is -0.940. The number of ketones is 1. The van der Waals surface area contributed by atoms with E-state index < -0.39 is 5.83 Å². The Balaban J connectivity index is 2.75. The van der Waals surface area contributed by atoms with Crippen molar-refractivity contribution < 1.29 is 9.18 Å². The van der Waals surface area contributed by atoms with Crippen LogP contribution in [0.5, 0.6) is 0 Å². The quantitative estimate of drug-likeness (QED) is 0.426. The molecule has 6 heavy (non-hydrogen) atoms. The zero-order valence-electron chi connectivity index (χ0n) is 3.07. The van der Waals surface area contributed by atoms with Crippen molar-refractivity contribution in [3.05, 3.63) is 11.9 Å². The van der Waals surface area contributed by atoms with E-state index in [4.69, 9.17) is 0 Å². The number of halogens is 1. The molecular formula is C4H3FO. The number of allylic oxidation sites excluding steroid dienone is 2. The molecule has 0 spiro atoms. The Labute approximate surface area is 34.5 Å². The summed E-state index contributed by atoms with van der Waals surface area (Å²) in [5, 5.41) is 0. The van der Waals surface area contributed by atoms with E-state index >= 15 is 0 Å². The topological polar surface area (TPSA) is 17.1 Å². The Morgan fingerprint density at radius 1 is 1.83 bits per heavy atom. The summed E-state index contributed by atoms with van der Waals surface area (Å²) in [6.07, 6.45) is 1.56. The van der Waals surface area contributed by atoms with Gasteiger partial charge in [-0.1, -0.05) is 0 Å². The second-order valence-electron chi connectivity index (χ2n) is 1.18. The van der Waals surface area contributed by atoms with Crippen LogP contribution < -0.4 is 0 Å². The smallest absolute Gasteiger partial charge is 0.194 e. The Morgan fingerprint density at radius 3 is 2.33 bits per heavy atom. The number of carbonyl (C=O) groups excluding carboxylic acids is 1. The van der Waals surface area contributed by atoms with Gasteiger partial charge in [0.25, 0.3) is 0 Å². The average molecular weight is 86.1 g/mol. The van der Waals surface area contributed by atoms with E-state index in [0.717, 1.165) is 0 Å². The fraction of sp³-hybridized carbons (Fsp3) is 0.250. The number of hydrogen-bond donors (Lipinski definition) is 0. The highest BCUT2D eigenvalue weighted by Gasteiger charge is 2.14. The third-order valence-electron chi connectivity index (χ3n) is 0.733. The van der Waals surface area contributed by atoms with Crippen LogP contribution >= 0.6 is 0 Å². The molecule has 1 aliphatic carbocycles. The van der Waals surface area contributed by atoms with Gasteiger partial charge in [0.05, 0.1) is 0 Å². The first-order valence-electron chi connectivity index (χ1n) is 1.69. The molecule has 0 radical (unpaired) electrons. The SMILES string of the molecule is O=C1CC=C1F. The molecule has 0 aromatic heterocycles. The molecule has 0 aromatic rings. The molecule has 0 heterocycles. The van der Waals surface area contributed by atoms with Crippen LogP contribution in [-0.4, -0.2) is 5.78 Å². The predicted molar refractivity (Wildman–Crippen MR) is 18.8 cm³/mol. The highest BCUT2D eigenvalue weighted by molar-refractivity contribution is 6.00. The first-order valence-corrected chi connectivity index (χ1v) is 1.69. The van der Waals surface area contributed by atoms with Crippen LogP contribution in [0.15, 0.2) is 11.9 Å². The van der Waals surface area contributed by atoms with Gasteiger partial charge in [-0.2, -0.15) is 0 Å². The average Bonchev–Trinajstić information content (AvgIpc) is 1.61. The predicted octanol–water partition coefficient (Wildman–Crippen LogP) is 0.813. The second kappa shape index (κ2) is 0.899. The largest absolute Gasteiger partial charge is 0.291 e. The van der Waals surface area contributed by atoms with E-state index in [0.29, 0.717) is 6.42 Å². The van der Waals surface area contributed by atoms with Crippen molar-refractivity contribution in [2.75, 3.05) is 0 Å². The molecule has 0 aromatic carbocycles. The Bertz CT molecular complexity index is 115. The molecule has 32 valence electrons. The molecule has 0 saturated heterocycles. The van der Waals surface area contributed by atoms with Gasteiger partial charge in [-0.05, 0) is 6.08 Å². The number of Topliss-reactive ketones (excluding diaryl/α,β-unsaturated/α-hetero) is 1. The highest BCUT2D eigenvalue weighted by atomic mass is 19.1. The molecule has 1 nitrogen and oxygen atoms in total. The lowest BCUT2D eigenvalue weighted by Gasteiger charge is -1.99. The minimum absolute atomic E-state index is 0.297. The zero-order valence-corrected chi connectivity index (χ0v) is 3.07. The molecule has 0 amide bonds. The van der Waals surface area contributed by atoms with Crippen molar-refractivity contribution in [1.29, 1.82) is 0 Å². The van der Waals surface area contributed by atoms with Crippen molar-refractivity contribution in [1.82, 2.24) is 0 Å². The molecule has 0 fully saturated rings. The summed E-state index contributed by atoms with van der Waals surface area (Å²) in [4.78, 5) is 9.79. The van der Waals surface area contributed by atoms with Crippen molar-refractivity contribution in [3.8, 4) is 0 Å². The summed E-state index contributed by atoms with van der Waals surface area (Å²) in [5.41, 5.74) is 0. The molecule has 0 unspecified atom stereocenters. The van der Waals surface area contributed by atoms with Crippen LogP contribution in [-0.2, 0) is 4.79 Å². The molecule has 0 atom stereocenters. The van der Waals surface area contributed by atoms with E-state index in [9.17, 15) is 9.18 Å². The van der Waals surface area contributed by atoms with Crippen LogP contribution in [0.25, 0.3) is 0 Å². The molecule has 1 rings (SSSR count). The van der Waals surface area contributed by atoms with Crippen molar-refractivity contribution in [3.63, 3.8) is 0 Å². The fourth-order valence-electron chi connectivity index (χ4n) is 0.263. The molecule has 2 heteroatoms. The fourth-order valence-corrected chi connectivity index (χ4v) is 0.263. The third kappa shape index (κ3) is 0.263. The number of hydrogen-bond acceptors (Lipinski definition) is 1. The Hall–Kier alpha value is -0.660. The van der Waals surface area contributed by atoms with Crippen molar-refractivity contribution in [2.45, 2.75) is 6.42 Å². The summed E-state index contributed by atoms with van der Waals surface area (Å²) < 4.78 is 11.4. The van der Waals surface area contributed by atoms with E-state index in [1.807, 2.05) is 0 Å². The zero-order chi connectivity index (χ0) is 4.57. The van der Waals surface area contributed by atoms with E-state index in [2.05, 4.69) is 0 Å². The molecule has 1 aliphatic rings. The summed E-state index contributed by atoms with van der Waals surface area (Å²) in [6.45, 7) is 0. The van der Waals surface area contributed by atoms with Gasteiger partial charge in [-0.25, -0.2) is 4.39 Å². The van der Waals surface area contributed by atoms with Gasteiger partial charge in [0, 0.05) is 6.42 Å². The van der Waals surface area contributed by atoms with Gasteiger partial charge in [-0.15, -0.1) is 0 Å². The van der Waals surface area contributed by atoms with Crippen LogP contribution in [0, 0.1) is 0 Å². The lowest BCUT2D eigenvalue weighted by atomic mass is 10.1. The molecule has 0 N–H and O–H groups in total. The van der Waals surface area contributed by atoms with Crippen LogP contribution in [0.3, 0.4) is 0 Å². The minimum atomic E-state index is -0.574. The maximum atomic E-state index is 11.4. The van der Waals surface area contributed by atoms with Gasteiger partial charge < -0.3 is 0 Å². The summed E-state index contributed by atoms with van der Waals surface area (Å²) in [6, 6.07) is 0. The summed E-state index contributed by atoms with van der Waals surface area (Å²) >= 11 is 0. The van der Waals surface area contributed by atoms with Crippen molar-refractivity contribution >= 4 is 5.78 Å². The first-order chi connectivity index (χ1) is 2.80. The van der Waals surface area contributed by atoms with Crippen molar-refractivity contribution in [2.24, 2.45) is 0 Å². The van der Waals surface area contributed by atoms with E-state index in [1.165, 1.54) is 6.08 Å². The second-order valence-corrected chi connectivity index (χ2v) is 1.18. The standard InChI is InChI=1S/C4H3FO/c5-3-1-2-4(3)6/h1H,2H2. The minimum Gasteiger partial charge on any atom is -0.291 e. The third-order valence-corrected chi connectivity index (χ3v) is 0.733. The molecule has 0 aliphatic heterocycles. The molecule has 0 saturated carbocycles. The lowest BCUT2D eigenvalue weighted by Crippen LogP contribution is -2.05. The number of rotatable bonds is 0. The van der Waals surface area contributed by atoms with E-state index in [-0.39, 0.29) is 5.78 Å². The van der Waals surface area contributed by atoms with Gasteiger partial charge in [0.15, 0.2) is 11.6 Å². The van der Waals surface area contributed by atoms with Crippen LogP contribution in [0.4, 0.5) is 4.39 Å². The normalized spacial score (nSPS) is 19.5. The van der Waals surface area contributed by atoms with Crippen LogP contribution in [0.2, 0.25) is 0 Å². The first kappa shape index (κ1) is 3.53. The number of carbonyl (C=O) groups is 1. The lowest BCUT2D eigenvalue weighted by molar-refractivity contribution is -0.117. The Kier molecular flexibility index (Phi) is 0.528. The van der Waals surface area contributed by atoms with Gasteiger partial charge in [0.2, 0.25) is 0 Å². The maximum Gasteiger partial charge on any atom is 0.194 e. The van der Waals surface area contributed by atoms with E-state index in [1.54, 1.807) is 0 Å². The summed E-state index contributed by atoms with van der Waals surface area (Å²) in [7, 11) is 0. The van der Waals surface area contributed by atoms with Gasteiger partial charge in [0.1, 0.15) is 0 Å². The maximum absolute atomic E-state index is 11.4. The molecular weight excluding hydrogens is 83.0 g/mol. The molecule has 0 bridgehead atoms. The highest BCUT2D eigenvalue weighted by Crippen LogP contribution is 2.12.